The van der Waals surface area contributed by atoms with Gasteiger partial charge in [-0.2, -0.15) is 0 Å². The van der Waals surface area contributed by atoms with Crippen molar-refractivity contribution in [2.24, 2.45) is 0 Å². The fourth-order valence-corrected chi connectivity index (χ4v) is 3.48. The van der Waals surface area contributed by atoms with E-state index in [0.29, 0.717) is 25.7 Å². The fraction of sp³-hybridized carbons (Fsp3) is 0.750. The van der Waals surface area contributed by atoms with E-state index >= 15 is 0 Å². The van der Waals surface area contributed by atoms with E-state index in [-0.39, 0.29) is 25.7 Å². The molecular weight excluding hydrogens is 348 g/mol. The zero-order valence-electron chi connectivity index (χ0n) is 15.4. The lowest BCUT2D eigenvalue weighted by Crippen LogP contribution is -2.54. The fourth-order valence-electron chi connectivity index (χ4n) is 1.70. The second-order valence-electron chi connectivity index (χ2n) is 5.40. The van der Waals surface area contributed by atoms with E-state index in [1.54, 1.807) is 27.7 Å². The van der Waals surface area contributed by atoms with Crippen LogP contribution in [0.5, 0.6) is 0 Å². The zero-order chi connectivity index (χ0) is 19.3. The molecule has 0 rings (SSSR count). The lowest BCUT2D eigenvalue weighted by Gasteiger charge is -2.25. The van der Waals surface area contributed by atoms with Crippen molar-refractivity contribution >= 4 is 32.9 Å². The zero-order valence-corrected chi connectivity index (χ0v) is 16.4. The first-order valence-corrected chi connectivity index (χ1v) is 10.3. The van der Waals surface area contributed by atoms with Crippen LogP contribution in [-0.4, -0.2) is 32.9 Å². The molecule has 0 unspecified atom stereocenters. The molecule has 144 valence electrons. The maximum atomic E-state index is 11.9. The summed E-state index contributed by atoms with van der Waals surface area (Å²) in [6.07, 6.45) is 1.92. The van der Waals surface area contributed by atoms with E-state index in [1.807, 2.05) is 0 Å². The molecule has 0 spiro atoms. The summed E-state index contributed by atoms with van der Waals surface area (Å²) in [5.74, 6) is -3.03. The van der Waals surface area contributed by atoms with E-state index in [2.05, 4.69) is 0 Å². The van der Waals surface area contributed by atoms with Crippen molar-refractivity contribution in [2.75, 3.05) is 0 Å². The average molecular weight is 376 g/mol. The molecule has 0 aromatic heterocycles. The van der Waals surface area contributed by atoms with Crippen LogP contribution < -0.4 is 0 Å². The Kier molecular flexibility index (Phi) is 11.5. The highest BCUT2D eigenvalue weighted by molar-refractivity contribution is 6.60. The van der Waals surface area contributed by atoms with Crippen LogP contribution in [0, 0.1) is 0 Å². The molecule has 0 saturated heterocycles. The number of rotatable bonds is 12. The number of hydrogen-bond donors (Lipinski definition) is 0. The molecule has 0 fully saturated rings. The molecule has 0 atom stereocenters. The van der Waals surface area contributed by atoms with Gasteiger partial charge in [-0.05, 0) is 25.7 Å². The first-order chi connectivity index (χ1) is 11.8. The normalized spacial score (nSPS) is 10.7. The van der Waals surface area contributed by atoms with Gasteiger partial charge in [0, 0.05) is 25.7 Å². The maximum absolute atomic E-state index is 11.9. The van der Waals surface area contributed by atoms with Gasteiger partial charge < -0.3 is 17.7 Å². The molecular formula is C16H28O8Si. The van der Waals surface area contributed by atoms with Crippen LogP contribution >= 0.6 is 0 Å². The van der Waals surface area contributed by atoms with E-state index in [0.717, 1.165) is 0 Å². The van der Waals surface area contributed by atoms with Crippen molar-refractivity contribution in [1.29, 1.82) is 0 Å². The Morgan fingerprint density at radius 3 is 0.880 bits per heavy atom. The molecule has 0 heterocycles. The van der Waals surface area contributed by atoms with Gasteiger partial charge in [-0.3, -0.25) is 19.2 Å². The van der Waals surface area contributed by atoms with E-state index < -0.39 is 32.9 Å². The molecule has 0 bridgehead atoms. The van der Waals surface area contributed by atoms with Crippen LogP contribution in [-0.2, 0) is 36.9 Å². The van der Waals surface area contributed by atoms with Gasteiger partial charge in [-0.15, -0.1) is 0 Å². The number of carbonyl (C=O) groups is 4. The lowest BCUT2D eigenvalue weighted by molar-refractivity contribution is -0.163. The minimum absolute atomic E-state index is 0.0106. The first kappa shape index (κ1) is 23.1. The lowest BCUT2D eigenvalue weighted by atomic mass is 10.3. The molecule has 0 aliphatic carbocycles. The number of carbonyl (C=O) groups excluding carboxylic acids is 4. The van der Waals surface area contributed by atoms with Crippen molar-refractivity contribution in [3.63, 3.8) is 0 Å². The van der Waals surface area contributed by atoms with Gasteiger partial charge in [-0.1, -0.05) is 27.7 Å². The third-order valence-electron chi connectivity index (χ3n) is 2.77. The number of hydrogen-bond acceptors (Lipinski definition) is 8. The van der Waals surface area contributed by atoms with E-state index in [9.17, 15) is 19.2 Å². The second kappa shape index (κ2) is 12.5. The summed E-state index contributed by atoms with van der Waals surface area (Å²) in [5.41, 5.74) is 0. The molecule has 0 radical (unpaired) electrons. The van der Waals surface area contributed by atoms with Crippen LogP contribution in [0.25, 0.3) is 0 Å². The highest BCUT2D eigenvalue weighted by Gasteiger charge is 2.62. The van der Waals surface area contributed by atoms with E-state index in [4.69, 9.17) is 17.7 Å². The van der Waals surface area contributed by atoms with Crippen molar-refractivity contribution in [2.45, 2.75) is 79.1 Å². The molecule has 25 heavy (non-hydrogen) atoms. The van der Waals surface area contributed by atoms with Crippen LogP contribution in [0.3, 0.4) is 0 Å². The van der Waals surface area contributed by atoms with Gasteiger partial charge in [0.15, 0.2) is 0 Å². The van der Waals surface area contributed by atoms with Crippen molar-refractivity contribution in [3.05, 3.63) is 0 Å². The van der Waals surface area contributed by atoms with Crippen molar-refractivity contribution in [1.82, 2.24) is 0 Å². The smallest absolute Gasteiger partial charge is 0.423 e. The third kappa shape index (κ3) is 9.85. The summed E-state index contributed by atoms with van der Waals surface area (Å²) in [6.45, 7) is 7.00. The Balaban J connectivity index is 5.55. The molecule has 0 aromatic carbocycles. The summed E-state index contributed by atoms with van der Waals surface area (Å²) >= 11 is 0. The van der Waals surface area contributed by atoms with Gasteiger partial charge in [0.25, 0.3) is 23.9 Å². The molecule has 0 amide bonds. The maximum Gasteiger partial charge on any atom is 0.974 e. The molecule has 0 aromatic rings. The molecule has 0 aliphatic heterocycles. The largest absolute Gasteiger partial charge is 0.974 e. The summed E-state index contributed by atoms with van der Waals surface area (Å²) < 4.78 is 20.4. The van der Waals surface area contributed by atoms with Crippen LogP contribution in [0.4, 0.5) is 0 Å². The standard InChI is InChI=1S/C16H28O8Si/c1-5-9-13(17)21-25(22-14(18)10-6-2,23-15(19)11-7-3)24-16(20)12-8-4/h5-12H2,1-4H3. The Morgan fingerprint density at radius 2 is 0.720 bits per heavy atom. The molecule has 0 saturated carbocycles. The molecule has 0 aliphatic rings. The SMILES string of the molecule is CCCC(=O)O[Si](OC(=O)CCC)(OC(=O)CCC)OC(=O)CCC. The summed E-state index contributed by atoms with van der Waals surface area (Å²) in [7, 11) is -4.59. The van der Waals surface area contributed by atoms with Crippen molar-refractivity contribution in [3.8, 4) is 0 Å². The average Bonchev–Trinajstić information content (AvgIpc) is 2.47. The van der Waals surface area contributed by atoms with Crippen molar-refractivity contribution < 1.29 is 36.9 Å². The van der Waals surface area contributed by atoms with Gasteiger partial charge in [0.1, 0.15) is 0 Å². The Hall–Kier alpha value is -1.90. The summed E-state index contributed by atoms with van der Waals surface area (Å²) in [6, 6.07) is 0. The Bertz CT molecular complexity index is 378. The summed E-state index contributed by atoms with van der Waals surface area (Å²) in [4.78, 5) is 47.7. The van der Waals surface area contributed by atoms with Gasteiger partial charge >= 0.3 is 9.05 Å². The summed E-state index contributed by atoms with van der Waals surface area (Å²) in [5, 5.41) is 0. The second-order valence-corrected chi connectivity index (χ2v) is 7.21. The minimum Gasteiger partial charge on any atom is -0.423 e. The molecule has 0 N–H and O–H groups in total. The predicted octanol–water partition coefficient (Wildman–Crippen LogP) is 2.80. The minimum atomic E-state index is -4.59. The third-order valence-corrected chi connectivity index (χ3v) is 4.68. The van der Waals surface area contributed by atoms with Gasteiger partial charge in [0.2, 0.25) is 0 Å². The van der Waals surface area contributed by atoms with Crippen LogP contribution in [0.1, 0.15) is 79.1 Å². The van der Waals surface area contributed by atoms with Crippen LogP contribution in [0.2, 0.25) is 0 Å². The van der Waals surface area contributed by atoms with E-state index in [1.165, 1.54) is 0 Å². The Labute approximate surface area is 149 Å². The highest BCUT2D eigenvalue weighted by atomic mass is 28.4. The highest BCUT2D eigenvalue weighted by Crippen LogP contribution is 2.18. The van der Waals surface area contributed by atoms with Crippen LogP contribution in [0.15, 0.2) is 0 Å². The van der Waals surface area contributed by atoms with Gasteiger partial charge in [0.05, 0.1) is 0 Å². The molecule has 8 nitrogen and oxygen atoms in total. The topological polar surface area (TPSA) is 105 Å². The Morgan fingerprint density at radius 1 is 0.520 bits per heavy atom. The quantitative estimate of drug-likeness (QED) is 0.479. The van der Waals surface area contributed by atoms with Gasteiger partial charge in [-0.25, -0.2) is 0 Å². The molecule has 9 heteroatoms. The predicted molar refractivity (Wildman–Crippen MR) is 89.8 cm³/mol. The monoisotopic (exact) mass is 376 g/mol. The first-order valence-electron chi connectivity index (χ1n) is 8.69.